The highest BCUT2D eigenvalue weighted by molar-refractivity contribution is 5.53. The first-order valence-corrected chi connectivity index (χ1v) is 12.7. The summed E-state index contributed by atoms with van der Waals surface area (Å²) in [6.45, 7) is 7.88. The molecule has 0 N–H and O–H groups in total. The van der Waals surface area contributed by atoms with Gasteiger partial charge in [0.1, 0.15) is 0 Å². The average Bonchev–Trinajstić information content (AvgIpc) is 2.78. The van der Waals surface area contributed by atoms with Crippen LogP contribution in [0.25, 0.3) is 0 Å². The van der Waals surface area contributed by atoms with Crippen LogP contribution in [0.2, 0.25) is 0 Å². The first kappa shape index (κ1) is 20.5. The van der Waals surface area contributed by atoms with E-state index in [0.29, 0.717) is 5.41 Å². The molecule has 1 spiro atoms. The Morgan fingerprint density at radius 1 is 0.882 bits per heavy atom. The lowest BCUT2D eigenvalue weighted by atomic mass is 9.60. The highest BCUT2D eigenvalue weighted by atomic mass is 16.5. The zero-order valence-corrected chi connectivity index (χ0v) is 20.0. The third-order valence-corrected chi connectivity index (χ3v) is 8.68. The average molecular weight is 453 g/mol. The molecular weight excluding hydrogens is 420 g/mol. The summed E-state index contributed by atoms with van der Waals surface area (Å²) in [6.07, 6.45) is 6.86. The normalized spacial score (nSPS) is 21.9. The second kappa shape index (κ2) is 7.54. The molecule has 1 aromatic heterocycles. The Labute approximate surface area is 201 Å². The van der Waals surface area contributed by atoms with Crippen LogP contribution in [0.4, 0.5) is 11.6 Å². The largest absolute Gasteiger partial charge is 0.380 e. The summed E-state index contributed by atoms with van der Waals surface area (Å²) in [5, 5.41) is 0. The first-order valence-electron chi connectivity index (χ1n) is 12.7. The second-order valence-corrected chi connectivity index (χ2v) is 11.0. The number of aromatic nitrogens is 2. The van der Waals surface area contributed by atoms with Gasteiger partial charge in [0, 0.05) is 36.9 Å². The van der Waals surface area contributed by atoms with E-state index in [1.165, 1.54) is 52.9 Å². The minimum absolute atomic E-state index is 0.197. The van der Waals surface area contributed by atoms with Crippen molar-refractivity contribution in [3.63, 3.8) is 0 Å². The van der Waals surface area contributed by atoms with Crippen molar-refractivity contribution in [2.75, 3.05) is 42.6 Å². The number of rotatable bonds is 4. The van der Waals surface area contributed by atoms with E-state index in [1.807, 2.05) is 0 Å². The molecule has 4 heterocycles. The first-order chi connectivity index (χ1) is 16.6. The molecule has 34 heavy (non-hydrogen) atoms. The van der Waals surface area contributed by atoms with Gasteiger partial charge in [-0.25, -0.2) is 9.97 Å². The predicted molar refractivity (Wildman–Crippen MR) is 135 cm³/mol. The van der Waals surface area contributed by atoms with Crippen molar-refractivity contribution < 1.29 is 4.74 Å². The lowest BCUT2D eigenvalue weighted by Gasteiger charge is -2.55. The monoisotopic (exact) mass is 452 g/mol. The van der Waals surface area contributed by atoms with Crippen LogP contribution in [-0.2, 0) is 23.1 Å². The molecule has 2 saturated heterocycles. The number of nitrogens with zero attached hydrogens (tertiary/aromatic N) is 4. The van der Waals surface area contributed by atoms with Crippen LogP contribution in [0, 0.1) is 12.3 Å². The summed E-state index contributed by atoms with van der Waals surface area (Å²) in [4.78, 5) is 14.5. The van der Waals surface area contributed by atoms with Crippen LogP contribution in [0.15, 0.2) is 54.7 Å². The topological polar surface area (TPSA) is 41.5 Å². The molecule has 0 radical (unpaired) electrons. The van der Waals surface area contributed by atoms with Gasteiger partial charge in [-0.1, -0.05) is 48.4 Å². The van der Waals surface area contributed by atoms with Crippen LogP contribution >= 0.6 is 0 Å². The number of fused-ring (bicyclic) bond motifs is 1. The van der Waals surface area contributed by atoms with Crippen molar-refractivity contribution >= 4 is 11.6 Å². The molecule has 5 heteroatoms. The third kappa shape index (κ3) is 3.17. The second-order valence-electron chi connectivity index (χ2n) is 11.0. The maximum Gasteiger partial charge on any atom is 0.225 e. The van der Waals surface area contributed by atoms with Crippen molar-refractivity contribution in [3.05, 3.63) is 82.7 Å². The van der Waals surface area contributed by atoms with E-state index < -0.39 is 0 Å². The Morgan fingerprint density at radius 3 is 2.21 bits per heavy atom. The lowest BCUT2D eigenvalue weighted by Crippen LogP contribution is -2.66. The van der Waals surface area contributed by atoms with Crippen molar-refractivity contribution in [1.29, 1.82) is 0 Å². The highest BCUT2D eigenvalue weighted by Gasteiger charge is 2.50. The van der Waals surface area contributed by atoms with Crippen molar-refractivity contribution in [2.45, 2.75) is 44.6 Å². The fraction of sp³-hybridized carbons (Fsp3) is 0.448. The van der Waals surface area contributed by atoms with Gasteiger partial charge >= 0.3 is 0 Å². The van der Waals surface area contributed by atoms with E-state index in [2.05, 4.69) is 76.4 Å². The molecule has 0 amide bonds. The Bertz CT molecular complexity index is 1200. The third-order valence-electron chi connectivity index (χ3n) is 8.68. The lowest BCUT2D eigenvalue weighted by molar-refractivity contribution is -0.127. The fourth-order valence-electron chi connectivity index (χ4n) is 6.28. The van der Waals surface area contributed by atoms with E-state index in [-0.39, 0.29) is 5.41 Å². The fourth-order valence-corrected chi connectivity index (χ4v) is 6.28. The SMILES string of the molecule is Cc1ccc(C2(c3ccc(N4CCc5cnc(N6CC7(COC7)C6)nc5C4)cc3)CCC2)cc1. The van der Waals surface area contributed by atoms with Gasteiger partial charge in [-0.15, -0.1) is 0 Å². The van der Waals surface area contributed by atoms with Crippen LogP contribution in [0.1, 0.15) is 47.2 Å². The number of hydrogen-bond donors (Lipinski definition) is 0. The van der Waals surface area contributed by atoms with E-state index >= 15 is 0 Å². The molecular formula is C29H32N4O. The van der Waals surface area contributed by atoms with Gasteiger partial charge in [-0.2, -0.15) is 0 Å². The summed E-state index contributed by atoms with van der Waals surface area (Å²) < 4.78 is 5.41. The molecule has 7 rings (SSSR count). The maximum atomic E-state index is 5.41. The molecule has 0 bridgehead atoms. The molecule has 174 valence electrons. The molecule has 1 aliphatic carbocycles. The molecule has 3 fully saturated rings. The predicted octanol–water partition coefficient (Wildman–Crippen LogP) is 4.65. The van der Waals surface area contributed by atoms with Gasteiger partial charge in [0.05, 0.1) is 30.9 Å². The number of anilines is 2. The zero-order valence-electron chi connectivity index (χ0n) is 20.0. The van der Waals surface area contributed by atoms with E-state index in [9.17, 15) is 0 Å². The summed E-state index contributed by atoms with van der Waals surface area (Å²) in [7, 11) is 0. The van der Waals surface area contributed by atoms with Gasteiger partial charge < -0.3 is 14.5 Å². The van der Waals surface area contributed by atoms with Crippen LogP contribution in [-0.4, -0.2) is 42.8 Å². The molecule has 0 unspecified atom stereocenters. The molecule has 5 nitrogen and oxygen atoms in total. The standard InChI is InChI=1S/C29H32N4O/c1-21-3-5-23(6-4-21)29(12-2-13-29)24-7-9-25(10-8-24)32-14-11-22-15-30-27(31-26(22)16-32)33-17-28(18-33)19-34-20-28/h3-10,15H,2,11-14,16-20H2,1H3. The number of benzene rings is 2. The molecule has 1 saturated carbocycles. The van der Waals surface area contributed by atoms with Crippen molar-refractivity contribution in [1.82, 2.24) is 9.97 Å². The quantitative estimate of drug-likeness (QED) is 0.576. The zero-order chi connectivity index (χ0) is 22.8. The van der Waals surface area contributed by atoms with E-state index in [0.717, 1.165) is 51.8 Å². The number of hydrogen-bond acceptors (Lipinski definition) is 5. The minimum Gasteiger partial charge on any atom is -0.380 e. The maximum absolute atomic E-state index is 5.41. The van der Waals surface area contributed by atoms with Gasteiger partial charge in [-0.3, -0.25) is 0 Å². The summed E-state index contributed by atoms with van der Waals surface area (Å²) in [6, 6.07) is 18.6. The van der Waals surface area contributed by atoms with Crippen LogP contribution in [0.3, 0.4) is 0 Å². The van der Waals surface area contributed by atoms with Crippen LogP contribution in [0.5, 0.6) is 0 Å². The van der Waals surface area contributed by atoms with Gasteiger partial charge in [0.2, 0.25) is 5.95 Å². The van der Waals surface area contributed by atoms with E-state index in [4.69, 9.17) is 9.72 Å². The molecule has 0 atom stereocenters. The smallest absolute Gasteiger partial charge is 0.225 e. The van der Waals surface area contributed by atoms with Crippen molar-refractivity contribution in [3.8, 4) is 0 Å². The Hall–Kier alpha value is -2.92. The van der Waals surface area contributed by atoms with Gasteiger partial charge in [0.25, 0.3) is 0 Å². The molecule has 4 aliphatic rings. The van der Waals surface area contributed by atoms with Gasteiger partial charge in [-0.05, 0) is 55.0 Å². The minimum atomic E-state index is 0.197. The van der Waals surface area contributed by atoms with Crippen molar-refractivity contribution in [2.24, 2.45) is 5.41 Å². The molecule has 3 aromatic rings. The Kier molecular flexibility index (Phi) is 4.54. The highest BCUT2D eigenvalue weighted by Crippen LogP contribution is 2.49. The molecule has 2 aromatic carbocycles. The number of aryl methyl sites for hydroxylation is 1. The molecule has 3 aliphatic heterocycles. The Morgan fingerprint density at radius 2 is 1.59 bits per heavy atom. The number of ether oxygens (including phenoxy) is 1. The van der Waals surface area contributed by atoms with E-state index in [1.54, 1.807) is 0 Å². The Balaban J connectivity index is 1.09. The summed E-state index contributed by atoms with van der Waals surface area (Å²) in [5.41, 5.74) is 8.60. The summed E-state index contributed by atoms with van der Waals surface area (Å²) >= 11 is 0. The summed E-state index contributed by atoms with van der Waals surface area (Å²) in [5.74, 6) is 0.887. The van der Waals surface area contributed by atoms with Gasteiger partial charge in [0.15, 0.2) is 0 Å². The van der Waals surface area contributed by atoms with Crippen LogP contribution < -0.4 is 9.80 Å².